The number of carbonyl (C=O) groups excluding carboxylic acids is 1. The number of benzene rings is 1. The molecule has 2 amide bonds. The summed E-state index contributed by atoms with van der Waals surface area (Å²) in [4.78, 5) is 22.7. The fraction of sp³-hybridized carbons (Fsp3) is 0.417. The van der Waals surface area contributed by atoms with Crippen LogP contribution in [0, 0.1) is 17.0 Å². The number of hydrogen-bond acceptors (Lipinski definition) is 3. The first-order valence-electron chi connectivity index (χ1n) is 6.10. The van der Waals surface area contributed by atoms with Gasteiger partial charge in [-0.25, -0.2) is 4.79 Å². The van der Waals surface area contributed by atoms with Gasteiger partial charge >= 0.3 is 12.2 Å². The van der Waals surface area contributed by atoms with E-state index >= 15 is 0 Å². The van der Waals surface area contributed by atoms with Crippen LogP contribution in [-0.4, -0.2) is 34.6 Å². The molecule has 1 aromatic carbocycles. The maximum atomic E-state index is 12.6. The van der Waals surface area contributed by atoms with Crippen molar-refractivity contribution >= 4 is 17.4 Å². The van der Waals surface area contributed by atoms with Crippen molar-refractivity contribution in [3.8, 4) is 0 Å². The van der Waals surface area contributed by atoms with E-state index in [2.05, 4.69) is 5.32 Å². The zero-order valence-corrected chi connectivity index (χ0v) is 11.0. The van der Waals surface area contributed by atoms with Crippen LogP contribution in [0.15, 0.2) is 18.2 Å². The van der Waals surface area contributed by atoms with E-state index in [9.17, 15) is 28.1 Å². The summed E-state index contributed by atoms with van der Waals surface area (Å²) in [6.07, 6.45) is -4.60. The summed E-state index contributed by atoms with van der Waals surface area (Å²) in [6, 6.07) is 1.32. The highest BCUT2D eigenvalue weighted by Crippen LogP contribution is 2.34. The van der Waals surface area contributed by atoms with Crippen molar-refractivity contribution < 1.29 is 22.9 Å². The van der Waals surface area contributed by atoms with Gasteiger partial charge in [0.1, 0.15) is 6.04 Å². The Morgan fingerprint density at radius 1 is 1.48 bits per heavy atom. The number of alkyl halides is 3. The standard InChI is InChI=1S/C12H12F3N3O3/c1-7-8(3-2-4-9(7)18(20)21)16-11(19)17-6-5-10(17)12(13,14)15/h2-4,10H,5-6H2,1H3,(H,16,19). The average molecular weight is 303 g/mol. The Balaban J connectivity index is 2.14. The van der Waals surface area contributed by atoms with Crippen LogP contribution in [-0.2, 0) is 0 Å². The lowest BCUT2D eigenvalue weighted by atomic mass is 10.0. The summed E-state index contributed by atoms with van der Waals surface area (Å²) in [5, 5.41) is 13.1. The van der Waals surface area contributed by atoms with Crippen LogP contribution in [0.1, 0.15) is 12.0 Å². The first kappa shape index (κ1) is 15.1. The fourth-order valence-corrected chi connectivity index (χ4v) is 2.11. The molecule has 1 heterocycles. The van der Waals surface area contributed by atoms with Crippen molar-refractivity contribution in [1.29, 1.82) is 0 Å². The van der Waals surface area contributed by atoms with Gasteiger partial charge in [0, 0.05) is 12.6 Å². The van der Waals surface area contributed by atoms with Crippen molar-refractivity contribution in [3.63, 3.8) is 0 Å². The molecule has 114 valence electrons. The second kappa shape index (κ2) is 5.23. The van der Waals surface area contributed by atoms with E-state index in [1.165, 1.54) is 25.1 Å². The molecule has 1 unspecified atom stereocenters. The third-order valence-corrected chi connectivity index (χ3v) is 3.40. The molecule has 1 aliphatic rings. The predicted octanol–water partition coefficient (Wildman–Crippen LogP) is 3.07. The van der Waals surface area contributed by atoms with E-state index in [4.69, 9.17) is 0 Å². The smallest absolute Gasteiger partial charge is 0.312 e. The van der Waals surface area contributed by atoms with E-state index in [1.807, 2.05) is 0 Å². The Morgan fingerprint density at radius 3 is 2.62 bits per heavy atom. The molecule has 21 heavy (non-hydrogen) atoms. The van der Waals surface area contributed by atoms with Crippen LogP contribution in [0.2, 0.25) is 0 Å². The zero-order chi connectivity index (χ0) is 15.8. The van der Waals surface area contributed by atoms with Gasteiger partial charge in [-0.3, -0.25) is 10.1 Å². The average Bonchev–Trinajstić information content (AvgIpc) is 2.27. The van der Waals surface area contributed by atoms with Crippen LogP contribution < -0.4 is 5.32 Å². The number of amides is 2. The Hall–Kier alpha value is -2.32. The first-order chi connectivity index (χ1) is 9.71. The zero-order valence-electron chi connectivity index (χ0n) is 11.0. The molecule has 0 aliphatic carbocycles. The number of anilines is 1. The topological polar surface area (TPSA) is 75.5 Å². The molecule has 9 heteroatoms. The minimum atomic E-state index is -4.46. The summed E-state index contributed by atoms with van der Waals surface area (Å²) < 4.78 is 37.8. The molecule has 0 radical (unpaired) electrons. The highest BCUT2D eigenvalue weighted by atomic mass is 19.4. The molecule has 0 spiro atoms. The van der Waals surface area contributed by atoms with Crippen molar-refractivity contribution in [3.05, 3.63) is 33.9 Å². The summed E-state index contributed by atoms with van der Waals surface area (Å²) >= 11 is 0. The molecule has 1 atom stereocenters. The summed E-state index contributed by atoms with van der Waals surface area (Å²) in [5.41, 5.74) is 0.116. The summed E-state index contributed by atoms with van der Waals surface area (Å²) in [5.74, 6) is 0. The van der Waals surface area contributed by atoms with Crippen molar-refractivity contribution in [2.45, 2.75) is 25.6 Å². The maximum absolute atomic E-state index is 12.6. The molecular weight excluding hydrogens is 291 g/mol. The molecule has 1 fully saturated rings. The first-order valence-corrected chi connectivity index (χ1v) is 6.10. The van der Waals surface area contributed by atoms with Crippen molar-refractivity contribution in [2.24, 2.45) is 0 Å². The van der Waals surface area contributed by atoms with Crippen LogP contribution in [0.5, 0.6) is 0 Å². The molecule has 2 rings (SSSR count). The van der Waals surface area contributed by atoms with E-state index in [-0.39, 0.29) is 29.9 Å². The Morgan fingerprint density at radius 2 is 2.14 bits per heavy atom. The van der Waals surface area contributed by atoms with E-state index in [0.29, 0.717) is 4.90 Å². The van der Waals surface area contributed by atoms with Gasteiger partial charge in [0.25, 0.3) is 5.69 Å². The number of rotatable bonds is 2. The SMILES string of the molecule is Cc1c(NC(=O)N2CCC2C(F)(F)F)cccc1[N+](=O)[O-]. The second-order valence-corrected chi connectivity index (χ2v) is 4.68. The van der Waals surface area contributed by atoms with Crippen LogP contribution in [0.25, 0.3) is 0 Å². The molecule has 6 nitrogen and oxygen atoms in total. The lowest BCUT2D eigenvalue weighted by molar-refractivity contribution is -0.385. The van der Waals surface area contributed by atoms with Gasteiger partial charge in [-0.2, -0.15) is 13.2 Å². The van der Waals surface area contributed by atoms with E-state index in [1.54, 1.807) is 0 Å². The Kier molecular flexibility index (Phi) is 3.75. The van der Waals surface area contributed by atoms with Gasteiger partial charge in [-0.05, 0) is 19.4 Å². The highest BCUT2D eigenvalue weighted by molar-refractivity contribution is 5.91. The molecule has 1 aromatic rings. The number of nitro groups is 1. The van der Waals surface area contributed by atoms with Gasteiger partial charge in [0.15, 0.2) is 0 Å². The number of carbonyl (C=O) groups is 1. The molecule has 0 bridgehead atoms. The maximum Gasteiger partial charge on any atom is 0.408 e. The number of urea groups is 1. The predicted molar refractivity (Wildman–Crippen MR) is 68.0 cm³/mol. The largest absolute Gasteiger partial charge is 0.408 e. The third-order valence-electron chi connectivity index (χ3n) is 3.40. The third kappa shape index (κ3) is 2.91. The fourth-order valence-electron chi connectivity index (χ4n) is 2.11. The minimum Gasteiger partial charge on any atom is -0.312 e. The number of nitrogens with one attached hydrogen (secondary N) is 1. The summed E-state index contributed by atoms with van der Waals surface area (Å²) in [6.45, 7) is 1.43. The molecule has 0 aromatic heterocycles. The van der Waals surface area contributed by atoms with Gasteiger partial charge in [0.05, 0.1) is 16.2 Å². The number of nitro benzene ring substituents is 1. The van der Waals surface area contributed by atoms with Crippen molar-refractivity contribution in [2.75, 3.05) is 11.9 Å². The number of halogens is 3. The second-order valence-electron chi connectivity index (χ2n) is 4.68. The molecule has 1 saturated heterocycles. The van der Waals surface area contributed by atoms with E-state index in [0.717, 1.165) is 0 Å². The quantitative estimate of drug-likeness (QED) is 0.674. The number of nitrogens with zero attached hydrogens (tertiary/aromatic N) is 2. The van der Waals surface area contributed by atoms with Crippen LogP contribution >= 0.6 is 0 Å². The van der Waals surface area contributed by atoms with Gasteiger partial charge in [-0.15, -0.1) is 0 Å². The van der Waals surface area contributed by atoms with E-state index < -0.39 is 23.2 Å². The molecule has 0 saturated carbocycles. The normalized spacial score (nSPS) is 18.1. The molecule has 1 N–H and O–H groups in total. The monoisotopic (exact) mass is 303 g/mol. The lowest BCUT2D eigenvalue weighted by Gasteiger charge is -2.41. The molecule has 1 aliphatic heterocycles. The van der Waals surface area contributed by atoms with Gasteiger partial charge in [-0.1, -0.05) is 6.07 Å². The Labute approximate surface area is 117 Å². The number of hydrogen-bond donors (Lipinski definition) is 1. The summed E-state index contributed by atoms with van der Waals surface area (Å²) in [7, 11) is 0. The number of likely N-dealkylation sites (tertiary alicyclic amines) is 1. The minimum absolute atomic E-state index is 0.00395. The van der Waals surface area contributed by atoms with Crippen molar-refractivity contribution in [1.82, 2.24) is 4.90 Å². The van der Waals surface area contributed by atoms with Gasteiger partial charge in [0.2, 0.25) is 0 Å². The van der Waals surface area contributed by atoms with Crippen LogP contribution in [0.3, 0.4) is 0 Å². The highest BCUT2D eigenvalue weighted by Gasteiger charge is 2.50. The van der Waals surface area contributed by atoms with Crippen LogP contribution in [0.4, 0.5) is 29.3 Å². The van der Waals surface area contributed by atoms with Gasteiger partial charge < -0.3 is 10.2 Å². The lowest BCUT2D eigenvalue weighted by Crippen LogP contribution is -2.59. The Bertz CT molecular complexity index is 589. The molecular formula is C12H12F3N3O3.